The van der Waals surface area contributed by atoms with Crippen LogP contribution in [-0.4, -0.2) is 12.1 Å². The van der Waals surface area contributed by atoms with Crippen LogP contribution in [0.4, 0.5) is 0 Å². The van der Waals surface area contributed by atoms with E-state index in [0.717, 1.165) is 27.7 Å². The minimum atomic E-state index is -1.00. The Bertz CT molecular complexity index is 982. The van der Waals surface area contributed by atoms with Crippen LogP contribution in [0.15, 0.2) is 109 Å². The molecular weight excluding hydrogens is 331 g/mol. The molecular formula is C24H19BO2. The van der Waals surface area contributed by atoms with E-state index in [0.29, 0.717) is 5.75 Å². The highest BCUT2D eigenvalue weighted by Crippen LogP contribution is 2.22. The molecule has 4 aromatic rings. The third-order valence-electron chi connectivity index (χ3n) is 4.51. The lowest BCUT2D eigenvalue weighted by Crippen LogP contribution is -2.36. The molecule has 0 spiro atoms. The predicted molar refractivity (Wildman–Crippen MR) is 112 cm³/mol. The van der Waals surface area contributed by atoms with Crippen molar-refractivity contribution >= 4 is 12.6 Å². The van der Waals surface area contributed by atoms with Crippen molar-refractivity contribution in [3.05, 3.63) is 109 Å². The van der Waals surface area contributed by atoms with Crippen LogP contribution in [-0.2, 0) is 0 Å². The first kappa shape index (κ1) is 17.1. The fraction of sp³-hybridized carbons (Fsp3) is 0. The lowest BCUT2D eigenvalue weighted by molar-refractivity contribution is 0.433. The van der Waals surface area contributed by atoms with E-state index in [2.05, 4.69) is 24.3 Å². The Labute approximate surface area is 159 Å². The van der Waals surface area contributed by atoms with Crippen LogP contribution in [0.5, 0.6) is 5.75 Å². The predicted octanol–water partition coefficient (Wildman–Crippen LogP) is 4.79. The highest BCUT2D eigenvalue weighted by molar-refractivity contribution is 6.60. The lowest BCUT2D eigenvalue weighted by atomic mass is 9.79. The molecule has 0 saturated carbocycles. The van der Waals surface area contributed by atoms with Crippen LogP contribution in [0, 0.1) is 0 Å². The Morgan fingerprint density at radius 3 is 1.37 bits per heavy atom. The standard InChI is InChI=1S/C24H19BO2/c26-25(23-15-11-21(12-16-23)19-7-3-1-4-8-19)27-24-17-13-22(14-18-24)20-9-5-2-6-10-20/h1-18,26H. The zero-order valence-electron chi connectivity index (χ0n) is 14.8. The van der Waals surface area contributed by atoms with Crippen molar-refractivity contribution in [3.63, 3.8) is 0 Å². The topological polar surface area (TPSA) is 29.5 Å². The van der Waals surface area contributed by atoms with Crippen molar-refractivity contribution in [2.24, 2.45) is 0 Å². The second-order valence-electron chi connectivity index (χ2n) is 6.35. The smallest absolute Gasteiger partial charge is 0.532 e. The van der Waals surface area contributed by atoms with E-state index >= 15 is 0 Å². The van der Waals surface area contributed by atoms with E-state index in [1.807, 2.05) is 84.9 Å². The second-order valence-corrected chi connectivity index (χ2v) is 6.35. The van der Waals surface area contributed by atoms with Gasteiger partial charge >= 0.3 is 7.12 Å². The summed E-state index contributed by atoms with van der Waals surface area (Å²) in [6.45, 7) is 0. The normalized spacial score (nSPS) is 10.4. The fourth-order valence-electron chi connectivity index (χ4n) is 3.02. The summed E-state index contributed by atoms with van der Waals surface area (Å²) in [5, 5.41) is 10.4. The number of rotatable bonds is 5. The number of hydrogen-bond donors (Lipinski definition) is 1. The Hall–Kier alpha value is -3.30. The summed E-state index contributed by atoms with van der Waals surface area (Å²) in [4.78, 5) is 0. The number of hydrogen-bond acceptors (Lipinski definition) is 2. The van der Waals surface area contributed by atoms with Crippen LogP contribution in [0.3, 0.4) is 0 Å². The monoisotopic (exact) mass is 350 g/mol. The maximum atomic E-state index is 10.4. The molecule has 0 fully saturated rings. The van der Waals surface area contributed by atoms with Crippen LogP contribution in [0.25, 0.3) is 22.3 Å². The second kappa shape index (κ2) is 7.94. The highest BCUT2D eigenvalue weighted by atomic mass is 16.5. The van der Waals surface area contributed by atoms with Gasteiger partial charge < -0.3 is 9.68 Å². The molecule has 0 amide bonds. The molecule has 4 rings (SSSR count). The molecule has 1 N–H and O–H groups in total. The van der Waals surface area contributed by atoms with Gasteiger partial charge in [-0.05, 0) is 39.8 Å². The van der Waals surface area contributed by atoms with Gasteiger partial charge in [-0.15, -0.1) is 0 Å². The summed E-state index contributed by atoms with van der Waals surface area (Å²) >= 11 is 0. The first-order chi connectivity index (χ1) is 13.3. The van der Waals surface area contributed by atoms with Gasteiger partial charge in [0.2, 0.25) is 0 Å². The summed E-state index contributed by atoms with van der Waals surface area (Å²) in [5.74, 6) is 0.634. The minimum Gasteiger partial charge on any atom is -0.532 e. The SMILES string of the molecule is OB(Oc1ccc(-c2ccccc2)cc1)c1ccc(-c2ccccc2)cc1. The van der Waals surface area contributed by atoms with Crippen LogP contribution >= 0.6 is 0 Å². The summed E-state index contributed by atoms with van der Waals surface area (Å²) in [6.07, 6.45) is 0. The molecule has 0 radical (unpaired) electrons. The summed E-state index contributed by atoms with van der Waals surface area (Å²) < 4.78 is 5.69. The van der Waals surface area contributed by atoms with Crippen molar-refractivity contribution in [2.45, 2.75) is 0 Å². The molecule has 0 aliphatic heterocycles. The van der Waals surface area contributed by atoms with E-state index in [-0.39, 0.29) is 0 Å². The summed E-state index contributed by atoms with van der Waals surface area (Å²) in [5.41, 5.74) is 5.25. The van der Waals surface area contributed by atoms with Gasteiger partial charge in [0.25, 0.3) is 0 Å². The number of benzene rings is 4. The van der Waals surface area contributed by atoms with E-state index in [1.54, 1.807) is 0 Å². The molecule has 130 valence electrons. The van der Waals surface area contributed by atoms with Crippen LogP contribution < -0.4 is 10.1 Å². The zero-order valence-corrected chi connectivity index (χ0v) is 14.8. The summed E-state index contributed by atoms with van der Waals surface area (Å²) in [7, 11) is -1.00. The van der Waals surface area contributed by atoms with Crippen LogP contribution in [0.1, 0.15) is 0 Å². The molecule has 0 unspecified atom stereocenters. The molecule has 0 saturated heterocycles. The van der Waals surface area contributed by atoms with Gasteiger partial charge in [0.1, 0.15) is 5.75 Å². The molecule has 0 aliphatic carbocycles. The first-order valence-corrected chi connectivity index (χ1v) is 8.95. The molecule has 4 aromatic carbocycles. The third kappa shape index (κ3) is 4.10. The van der Waals surface area contributed by atoms with E-state index in [4.69, 9.17) is 4.65 Å². The maximum absolute atomic E-state index is 10.4. The lowest BCUT2D eigenvalue weighted by Gasteiger charge is -2.11. The van der Waals surface area contributed by atoms with Crippen molar-refractivity contribution in [3.8, 4) is 28.0 Å². The fourth-order valence-corrected chi connectivity index (χ4v) is 3.02. The van der Waals surface area contributed by atoms with Crippen molar-refractivity contribution in [2.75, 3.05) is 0 Å². The molecule has 0 atom stereocenters. The summed E-state index contributed by atoms with van der Waals surface area (Å²) in [6, 6.07) is 35.9. The van der Waals surface area contributed by atoms with Gasteiger partial charge in [0.15, 0.2) is 0 Å². The van der Waals surface area contributed by atoms with E-state index < -0.39 is 7.12 Å². The molecule has 3 heteroatoms. The minimum absolute atomic E-state index is 0.634. The third-order valence-corrected chi connectivity index (χ3v) is 4.51. The molecule has 0 bridgehead atoms. The quantitative estimate of drug-likeness (QED) is 0.525. The molecule has 0 heterocycles. The Morgan fingerprint density at radius 1 is 0.481 bits per heavy atom. The zero-order chi connectivity index (χ0) is 18.5. The molecule has 2 nitrogen and oxygen atoms in total. The van der Waals surface area contributed by atoms with Gasteiger partial charge in [-0.25, -0.2) is 0 Å². The average molecular weight is 350 g/mol. The van der Waals surface area contributed by atoms with Gasteiger partial charge in [-0.1, -0.05) is 97.1 Å². The first-order valence-electron chi connectivity index (χ1n) is 8.95. The molecule has 0 aromatic heterocycles. The van der Waals surface area contributed by atoms with E-state index in [9.17, 15) is 5.02 Å². The van der Waals surface area contributed by atoms with Gasteiger partial charge in [-0.2, -0.15) is 0 Å². The van der Waals surface area contributed by atoms with Gasteiger partial charge in [0, 0.05) is 0 Å². The molecule has 27 heavy (non-hydrogen) atoms. The van der Waals surface area contributed by atoms with Crippen molar-refractivity contribution in [1.82, 2.24) is 0 Å². The van der Waals surface area contributed by atoms with Crippen LogP contribution in [0.2, 0.25) is 0 Å². The highest BCUT2D eigenvalue weighted by Gasteiger charge is 2.18. The Kier molecular flexibility index (Phi) is 5.04. The van der Waals surface area contributed by atoms with Gasteiger partial charge in [-0.3, -0.25) is 0 Å². The maximum Gasteiger partial charge on any atom is 0.560 e. The average Bonchev–Trinajstić information content (AvgIpc) is 2.76. The van der Waals surface area contributed by atoms with Crippen molar-refractivity contribution in [1.29, 1.82) is 0 Å². The largest absolute Gasteiger partial charge is 0.560 e. The van der Waals surface area contributed by atoms with E-state index in [1.165, 1.54) is 0 Å². The van der Waals surface area contributed by atoms with Gasteiger partial charge in [0.05, 0.1) is 0 Å². The van der Waals surface area contributed by atoms with Crippen molar-refractivity contribution < 1.29 is 9.68 Å². The molecule has 0 aliphatic rings. The Morgan fingerprint density at radius 2 is 0.889 bits per heavy atom. The Balaban J connectivity index is 1.45.